The van der Waals surface area contributed by atoms with E-state index >= 15 is 0 Å². The molecule has 0 aliphatic rings. The Labute approximate surface area is 256 Å². The Morgan fingerprint density at radius 3 is 1.40 bits per heavy atom. The number of carboxylic acid groups (broad SMARTS) is 3. The molecule has 8 N–H and O–H groups in total. The molecule has 0 rings (SSSR count). The first-order chi connectivity index (χ1) is 19.6. The zero-order valence-corrected chi connectivity index (χ0v) is 27.6. The fourth-order valence-corrected chi connectivity index (χ4v) is 2.62. The second-order valence-corrected chi connectivity index (χ2v) is 12.2. The first-order valence-corrected chi connectivity index (χ1v) is 14.7. The van der Waals surface area contributed by atoms with E-state index in [1.165, 1.54) is 0 Å². The van der Waals surface area contributed by atoms with E-state index in [-0.39, 0.29) is 18.4 Å². The van der Waals surface area contributed by atoms with Crippen LogP contribution in [-0.4, -0.2) is 89.3 Å². The van der Waals surface area contributed by atoms with E-state index in [0.717, 1.165) is 19.3 Å². The third kappa shape index (κ3) is 35.0. The lowest BCUT2D eigenvalue weighted by Gasteiger charge is -2.19. The lowest BCUT2D eigenvalue weighted by atomic mass is 10.0. The Balaban J connectivity index is -0.000000611. The number of nitrogens with two attached hydrogens (primary N) is 1. The van der Waals surface area contributed by atoms with Crippen LogP contribution in [0.1, 0.15) is 94.4 Å². The van der Waals surface area contributed by atoms with Crippen molar-refractivity contribution in [3.8, 4) is 0 Å². The number of nitrogens with one attached hydrogen (secondary N) is 3. The van der Waals surface area contributed by atoms with Gasteiger partial charge in [-0.05, 0) is 67.3 Å². The van der Waals surface area contributed by atoms with Crippen LogP contribution in [0.25, 0.3) is 0 Å². The lowest BCUT2D eigenvalue weighted by molar-refractivity contribution is -0.142. The number of amides is 2. The van der Waals surface area contributed by atoms with Gasteiger partial charge in [-0.25, -0.2) is 9.59 Å². The molecule has 0 bridgehead atoms. The molecule has 3 atom stereocenters. The number of carbonyl (C=O) groups is 5. The smallest absolute Gasteiger partial charge is 0.407 e. The predicted molar refractivity (Wildman–Crippen MR) is 164 cm³/mol. The van der Waals surface area contributed by atoms with E-state index in [1.54, 1.807) is 41.5 Å². The highest BCUT2D eigenvalue weighted by Gasteiger charge is 2.16. The van der Waals surface area contributed by atoms with Gasteiger partial charge in [0.2, 0.25) is 0 Å². The molecule has 43 heavy (non-hydrogen) atoms. The first-order valence-electron chi connectivity index (χ1n) is 14.7. The number of ether oxygens (including phenoxy) is 2. The van der Waals surface area contributed by atoms with Crippen molar-refractivity contribution >= 4 is 30.1 Å². The molecular weight excluding hydrogens is 564 g/mol. The van der Waals surface area contributed by atoms with Crippen LogP contribution in [0.4, 0.5) is 9.59 Å². The maximum Gasteiger partial charge on any atom is 0.407 e. The van der Waals surface area contributed by atoms with Gasteiger partial charge in [0.25, 0.3) is 0 Å². The molecule has 0 saturated carbocycles. The molecule has 0 heterocycles. The molecule has 0 unspecified atom stereocenters. The predicted octanol–water partition coefficient (Wildman–Crippen LogP) is 3.67. The van der Waals surface area contributed by atoms with Gasteiger partial charge in [-0.1, -0.05) is 33.6 Å². The van der Waals surface area contributed by atoms with Crippen LogP contribution in [0.15, 0.2) is 0 Å². The van der Waals surface area contributed by atoms with Crippen LogP contribution in [0, 0.1) is 17.8 Å². The van der Waals surface area contributed by atoms with Crippen LogP contribution in [0.2, 0.25) is 0 Å². The Morgan fingerprint density at radius 2 is 1.02 bits per heavy atom. The molecule has 0 aromatic heterocycles. The van der Waals surface area contributed by atoms with E-state index in [1.807, 2.05) is 20.8 Å². The van der Waals surface area contributed by atoms with E-state index < -0.39 is 47.2 Å². The minimum atomic E-state index is -0.831. The van der Waals surface area contributed by atoms with Crippen molar-refractivity contribution in [2.45, 2.75) is 106 Å². The van der Waals surface area contributed by atoms with Gasteiger partial charge in [0, 0.05) is 26.2 Å². The third-order valence-electron chi connectivity index (χ3n) is 5.32. The molecule has 0 spiro atoms. The van der Waals surface area contributed by atoms with Gasteiger partial charge >= 0.3 is 30.1 Å². The average molecular weight is 623 g/mol. The van der Waals surface area contributed by atoms with Gasteiger partial charge in [0.15, 0.2) is 0 Å². The van der Waals surface area contributed by atoms with Crippen molar-refractivity contribution in [3.63, 3.8) is 0 Å². The van der Waals surface area contributed by atoms with Crippen molar-refractivity contribution in [1.29, 1.82) is 0 Å². The molecule has 0 radical (unpaired) electrons. The number of rotatable bonds is 16. The molecule has 14 nitrogen and oxygen atoms in total. The van der Waals surface area contributed by atoms with Crippen LogP contribution in [0.3, 0.4) is 0 Å². The average Bonchev–Trinajstić information content (AvgIpc) is 2.85. The summed E-state index contributed by atoms with van der Waals surface area (Å²) in [7, 11) is 0. The molecule has 0 saturated heterocycles. The largest absolute Gasteiger partial charge is 0.481 e. The molecule has 0 aromatic carbocycles. The zero-order chi connectivity index (χ0) is 34.2. The van der Waals surface area contributed by atoms with Gasteiger partial charge in [-0.15, -0.1) is 0 Å². The molecule has 0 aromatic rings. The zero-order valence-electron chi connectivity index (χ0n) is 27.6. The van der Waals surface area contributed by atoms with Gasteiger partial charge in [0.05, 0.1) is 17.8 Å². The van der Waals surface area contributed by atoms with Crippen molar-refractivity contribution < 1.29 is 48.8 Å². The third-order valence-corrected chi connectivity index (χ3v) is 5.32. The van der Waals surface area contributed by atoms with Gasteiger partial charge < -0.3 is 46.5 Å². The van der Waals surface area contributed by atoms with E-state index in [2.05, 4.69) is 16.0 Å². The summed E-state index contributed by atoms with van der Waals surface area (Å²) < 4.78 is 10.1. The molecule has 254 valence electrons. The number of carbonyl (C=O) groups excluding carboxylic acids is 2. The van der Waals surface area contributed by atoms with E-state index in [9.17, 15) is 24.0 Å². The molecule has 14 heteroatoms. The second kappa shape index (κ2) is 24.3. The Kier molecular flexibility index (Phi) is 25.1. The van der Waals surface area contributed by atoms with Crippen LogP contribution >= 0.6 is 0 Å². The summed E-state index contributed by atoms with van der Waals surface area (Å²) in [6, 6.07) is 0. The minimum Gasteiger partial charge on any atom is -0.481 e. The summed E-state index contributed by atoms with van der Waals surface area (Å²) in [6.07, 6.45) is 3.02. The first kappa shape index (κ1) is 44.3. The van der Waals surface area contributed by atoms with Gasteiger partial charge in [0.1, 0.15) is 11.2 Å². The standard InChI is InChI=1S/C13H25NO4.C12H24N2O4.C4H9NO2/c1-10(11(15)16)8-6-5-7-9-14-12(17)18-13(2,3)4;1-9(10(15)16)5-6-13-7-8-14-11(17)18-12(2,3)4;1-3(2-5)4(6)7/h10H,5-9H2,1-4H3,(H,14,17)(H,15,16);9,13H,5-8H2,1-4H3,(H,14,17)(H,15,16);3H,2,5H2,1H3,(H,6,7)/t10-;9-;3-/m000/s1. The topological polar surface area (TPSA) is 227 Å². The Morgan fingerprint density at radius 1 is 0.605 bits per heavy atom. The SMILES string of the molecule is C[C@@H](CCCCCNC(=O)OC(C)(C)C)C(=O)O.C[C@@H](CCNCCNC(=O)OC(C)(C)C)C(=O)O.C[C@@H](CN)C(=O)O. The summed E-state index contributed by atoms with van der Waals surface area (Å²) in [5, 5.41) is 33.8. The number of hydrogen-bond donors (Lipinski definition) is 7. The number of alkyl carbamates (subject to hydrolysis) is 2. The van der Waals surface area contributed by atoms with Crippen molar-refractivity contribution in [3.05, 3.63) is 0 Å². The van der Waals surface area contributed by atoms with E-state index in [4.69, 9.17) is 30.5 Å². The molecule has 2 amide bonds. The van der Waals surface area contributed by atoms with Gasteiger partial charge in [-0.2, -0.15) is 0 Å². The summed E-state index contributed by atoms with van der Waals surface area (Å²) >= 11 is 0. The molecule has 0 aliphatic heterocycles. The minimum absolute atomic E-state index is 0.218. The quantitative estimate of drug-likeness (QED) is 0.122. The molecular formula is C29H58N4O10. The maximum atomic E-state index is 11.3. The number of hydrogen-bond acceptors (Lipinski definition) is 9. The summed E-state index contributed by atoms with van der Waals surface area (Å²) in [5.41, 5.74) is 4.03. The monoisotopic (exact) mass is 622 g/mol. The fourth-order valence-electron chi connectivity index (χ4n) is 2.62. The number of aliphatic carboxylic acids is 3. The number of carboxylic acids is 3. The van der Waals surface area contributed by atoms with Gasteiger partial charge in [-0.3, -0.25) is 14.4 Å². The van der Waals surface area contributed by atoms with Crippen molar-refractivity contribution in [2.24, 2.45) is 23.5 Å². The highest BCUT2D eigenvalue weighted by molar-refractivity contribution is 5.70. The van der Waals surface area contributed by atoms with Crippen LogP contribution < -0.4 is 21.7 Å². The normalized spacial score (nSPS) is 13.0. The Bertz CT molecular complexity index is 754. The van der Waals surface area contributed by atoms with E-state index in [0.29, 0.717) is 39.0 Å². The van der Waals surface area contributed by atoms with Crippen molar-refractivity contribution in [1.82, 2.24) is 16.0 Å². The highest BCUT2D eigenvalue weighted by atomic mass is 16.6. The van der Waals surface area contributed by atoms with Crippen LogP contribution in [0.5, 0.6) is 0 Å². The lowest BCUT2D eigenvalue weighted by Crippen LogP contribution is -2.36. The molecule has 0 aliphatic carbocycles. The summed E-state index contributed by atoms with van der Waals surface area (Å²) in [4.78, 5) is 53.5. The summed E-state index contributed by atoms with van der Waals surface area (Å²) in [5.74, 6) is -3.41. The fraction of sp³-hybridized carbons (Fsp3) is 0.828. The summed E-state index contributed by atoms with van der Waals surface area (Å²) in [6.45, 7) is 18.3. The second-order valence-electron chi connectivity index (χ2n) is 12.2. The Hall–Kier alpha value is -3.13. The highest BCUT2D eigenvalue weighted by Crippen LogP contribution is 2.10. The molecule has 0 fully saturated rings. The number of unbranched alkanes of at least 4 members (excludes halogenated alkanes) is 2. The van der Waals surface area contributed by atoms with Crippen molar-refractivity contribution in [2.75, 3.05) is 32.7 Å². The van der Waals surface area contributed by atoms with Crippen LogP contribution in [-0.2, 0) is 23.9 Å². The maximum absolute atomic E-state index is 11.3.